The third-order valence-electron chi connectivity index (χ3n) is 1.64. The summed E-state index contributed by atoms with van der Waals surface area (Å²) in [6, 6.07) is 3.28. The van der Waals surface area contributed by atoms with Gasteiger partial charge in [0.1, 0.15) is 6.04 Å². The van der Waals surface area contributed by atoms with E-state index in [1.165, 1.54) is 0 Å². The highest BCUT2D eigenvalue weighted by atomic mass is 16.5. The lowest BCUT2D eigenvalue weighted by Gasteiger charge is -2.13. The number of nitrogens with zero attached hydrogens (tertiary/aromatic N) is 1. The van der Waals surface area contributed by atoms with Crippen molar-refractivity contribution in [2.75, 3.05) is 13.7 Å². The molecule has 4 heteroatoms. The van der Waals surface area contributed by atoms with E-state index in [0.29, 0.717) is 6.61 Å². The summed E-state index contributed by atoms with van der Waals surface area (Å²) in [6.45, 7) is 0.310. The fourth-order valence-corrected chi connectivity index (χ4v) is 1.03. The second-order valence-corrected chi connectivity index (χ2v) is 2.50. The van der Waals surface area contributed by atoms with Crippen molar-refractivity contribution in [2.24, 2.45) is 5.73 Å². The molecule has 0 aliphatic carbocycles. The Morgan fingerprint density at radius 2 is 2.17 bits per heavy atom. The topological polar surface area (TPSA) is 57.2 Å². The van der Waals surface area contributed by atoms with E-state index in [1.54, 1.807) is 24.1 Å². The van der Waals surface area contributed by atoms with Gasteiger partial charge in [-0.1, -0.05) is 0 Å². The van der Waals surface area contributed by atoms with Crippen LogP contribution in [0.3, 0.4) is 0 Å². The molecule has 0 aromatic carbocycles. The number of amides is 1. The van der Waals surface area contributed by atoms with Gasteiger partial charge in [0.2, 0.25) is 5.91 Å². The first-order valence-electron chi connectivity index (χ1n) is 3.66. The van der Waals surface area contributed by atoms with Gasteiger partial charge in [0, 0.05) is 19.5 Å². The maximum Gasteiger partial charge on any atom is 0.242 e. The summed E-state index contributed by atoms with van der Waals surface area (Å²) in [4.78, 5) is 10.9. The van der Waals surface area contributed by atoms with E-state index in [0.717, 1.165) is 0 Å². The summed E-state index contributed by atoms with van der Waals surface area (Å²) in [6.07, 6.45) is 3.57. The molecule has 0 saturated heterocycles. The Morgan fingerprint density at radius 3 is 2.58 bits per heavy atom. The molecule has 0 aliphatic rings. The second kappa shape index (κ2) is 3.92. The van der Waals surface area contributed by atoms with Gasteiger partial charge in [0.15, 0.2) is 0 Å². The van der Waals surface area contributed by atoms with Crippen LogP contribution in [0.5, 0.6) is 0 Å². The Kier molecular flexibility index (Phi) is 2.88. The summed E-state index contributed by atoms with van der Waals surface area (Å²) in [5, 5.41) is 0. The minimum atomic E-state index is -0.398. The van der Waals surface area contributed by atoms with Crippen LogP contribution in [0.15, 0.2) is 24.5 Å². The monoisotopic (exact) mass is 168 g/mol. The molecule has 1 amide bonds. The summed E-state index contributed by atoms with van der Waals surface area (Å²) >= 11 is 0. The van der Waals surface area contributed by atoms with Crippen LogP contribution in [0.4, 0.5) is 0 Å². The normalized spacial score (nSPS) is 12.8. The third kappa shape index (κ3) is 1.85. The number of primary amides is 1. The van der Waals surface area contributed by atoms with Crippen molar-refractivity contribution >= 4 is 5.91 Å². The van der Waals surface area contributed by atoms with Crippen LogP contribution < -0.4 is 5.73 Å². The molecule has 1 aromatic heterocycles. The highest BCUT2D eigenvalue weighted by Crippen LogP contribution is 2.05. The molecule has 0 aliphatic heterocycles. The number of carbonyl (C=O) groups is 1. The van der Waals surface area contributed by atoms with Gasteiger partial charge in [0.25, 0.3) is 0 Å². The highest BCUT2D eigenvalue weighted by Gasteiger charge is 2.15. The summed E-state index contributed by atoms with van der Waals surface area (Å²) in [5.41, 5.74) is 5.17. The molecule has 1 rings (SSSR count). The molecule has 0 bridgehead atoms. The van der Waals surface area contributed by atoms with E-state index in [9.17, 15) is 4.79 Å². The highest BCUT2D eigenvalue weighted by molar-refractivity contribution is 5.78. The molecular weight excluding hydrogens is 156 g/mol. The molecule has 1 heterocycles. The third-order valence-corrected chi connectivity index (χ3v) is 1.64. The zero-order valence-electron chi connectivity index (χ0n) is 6.93. The number of carbonyl (C=O) groups excluding carboxylic acids is 1. The zero-order valence-corrected chi connectivity index (χ0v) is 6.93. The lowest BCUT2D eigenvalue weighted by Crippen LogP contribution is -2.29. The fourth-order valence-electron chi connectivity index (χ4n) is 1.03. The molecule has 0 spiro atoms. The van der Waals surface area contributed by atoms with Gasteiger partial charge in [-0.05, 0) is 12.1 Å². The van der Waals surface area contributed by atoms with Crippen LogP contribution in [-0.4, -0.2) is 24.2 Å². The Hall–Kier alpha value is -1.29. The Balaban J connectivity index is 2.73. The van der Waals surface area contributed by atoms with Crippen LogP contribution in [-0.2, 0) is 9.53 Å². The predicted octanol–water partition coefficient (Wildman–Crippen LogP) is 0.161. The van der Waals surface area contributed by atoms with Gasteiger partial charge < -0.3 is 15.0 Å². The SMILES string of the molecule is COCC(C(N)=O)n1cccc1. The van der Waals surface area contributed by atoms with Crippen molar-refractivity contribution in [2.45, 2.75) is 6.04 Å². The number of aromatic nitrogens is 1. The van der Waals surface area contributed by atoms with Crippen LogP contribution in [0.1, 0.15) is 6.04 Å². The van der Waals surface area contributed by atoms with E-state index >= 15 is 0 Å². The van der Waals surface area contributed by atoms with Crippen molar-refractivity contribution in [3.8, 4) is 0 Å². The molecule has 1 unspecified atom stereocenters. The first-order chi connectivity index (χ1) is 5.75. The number of ether oxygens (including phenoxy) is 1. The van der Waals surface area contributed by atoms with Crippen LogP contribution in [0.2, 0.25) is 0 Å². The minimum Gasteiger partial charge on any atom is -0.382 e. The lowest BCUT2D eigenvalue weighted by molar-refractivity contribution is -0.122. The van der Waals surface area contributed by atoms with Crippen molar-refractivity contribution in [1.82, 2.24) is 4.57 Å². The van der Waals surface area contributed by atoms with Crippen molar-refractivity contribution in [3.05, 3.63) is 24.5 Å². The number of hydrogen-bond acceptors (Lipinski definition) is 2. The predicted molar refractivity (Wildman–Crippen MR) is 44.5 cm³/mol. The minimum absolute atomic E-state index is 0.310. The van der Waals surface area contributed by atoms with Crippen LogP contribution in [0.25, 0.3) is 0 Å². The van der Waals surface area contributed by atoms with Gasteiger partial charge in [-0.3, -0.25) is 4.79 Å². The standard InChI is InChI=1S/C8H12N2O2/c1-12-6-7(8(9)11)10-4-2-3-5-10/h2-5,7H,6H2,1H3,(H2,9,11). The second-order valence-electron chi connectivity index (χ2n) is 2.50. The lowest BCUT2D eigenvalue weighted by atomic mass is 10.3. The number of rotatable bonds is 4. The molecule has 1 atom stereocenters. The molecule has 4 nitrogen and oxygen atoms in total. The molecular formula is C8H12N2O2. The Labute approximate surface area is 70.9 Å². The molecule has 0 radical (unpaired) electrons. The Bertz CT molecular complexity index is 244. The molecule has 0 fully saturated rings. The molecule has 2 N–H and O–H groups in total. The largest absolute Gasteiger partial charge is 0.382 e. The first kappa shape index (κ1) is 8.80. The van der Waals surface area contributed by atoms with E-state index in [2.05, 4.69) is 0 Å². The number of hydrogen-bond donors (Lipinski definition) is 1. The summed E-state index contributed by atoms with van der Waals surface area (Å²) in [7, 11) is 1.54. The first-order valence-corrected chi connectivity index (χ1v) is 3.66. The van der Waals surface area contributed by atoms with Gasteiger partial charge in [-0.25, -0.2) is 0 Å². The fraction of sp³-hybridized carbons (Fsp3) is 0.375. The summed E-state index contributed by atoms with van der Waals surface area (Å²) in [5.74, 6) is -0.381. The van der Waals surface area contributed by atoms with Gasteiger partial charge in [-0.15, -0.1) is 0 Å². The maximum atomic E-state index is 10.9. The van der Waals surface area contributed by atoms with E-state index in [-0.39, 0.29) is 5.91 Å². The summed E-state index contributed by atoms with van der Waals surface area (Å²) < 4.78 is 6.60. The van der Waals surface area contributed by atoms with Crippen LogP contribution >= 0.6 is 0 Å². The molecule has 12 heavy (non-hydrogen) atoms. The van der Waals surface area contributed by atoms with Crippen LogP contribution in [0, 0.1) is 0 Å². The van der Waals surface area contributed by atoms with E-state index < -0.39 is 6.04 Å². The van der Waals surface area contributed by atoms with Gasteiger partial charge in [-0.2, -0.15) is 0 Å². The molecule has 1 aromatic rings. The maximum absolute atomic E-state index is 10.9. The quantitative estimate of drug-likeness (QED) is 0.696. The average Bonchev–Trinajstić information content (AvgIpc) is 2.51. The van der Waals surface area contributed by atoms with E-state index in [4.69, 9.17) is 10.5 Å². The molecule has 0 saturated carbocycles. The van der Waals surface area contributed by atoms with Crippen molar-refractivity contribution in [3.63, 3.8) is 0 Å². The number of methoxy groups -OCH3 is 1. The zero-order chi connectivity index (χ0) is 8.97. The van der Waals surface area contributed by atoms with Gasteiger partial charge >= 0.3 is 0 Å². The smallest absolute Gasteiger partial charge is 0.242 e. The van der Waals surface area contributed by atoms with Gasteiger partial charge in [0.05, 0.1) is 6.61 Å². The van der Waals surface area contributed by atoms with E-state index in [1.807, 2.05) is 12.1 Å². The Morgan fingerprint density at radius 1 is 1.58 bits per heavy atom. The molecule has 66 valence electrons. The number of nitrogens with two attached hydrogens (primary N) is 1. The average molecular weight is 168 g/mol. The van der Waals surface area contributed by atoms with Crippen molar-refractivity contribution < 1.29 is 9.53 Å². The van der Waals surface area contributed by atoms with Crippen molar-refractivity contribution in [1.29, 1.82) is 0 Å².